The number of carbonyl (C=O) groups is 1. The predicted octanol–water partition coefficient (Wildman–Crippen LogP) is 0.745. The Hall–Kier alpha value is -1.67. The van der Waals surface area contributed by atoms with Gasteiger partial charge in [0, 0.05) is 12.2 Å². The molecule has 6 nitrogen and oxygen atoms in total. The minimum absolute atomic E-state index is 0.142. The number of rotatable bonds is 3. The average molecular weight is 315 g/mol. The van der Waals surface area contributed by atoms with Crippen LogP contribution >= 0.6 is 0 Å². The maximum absolute atomic E-state index is 14.0. The Morgan fingerprint density at radius 3 is 2.67 bits per heavy atom. The molecule has 1 heterocycles. The van der Waals surface area contributed by atoms with Gasteiger partial charge in [-0.25, -0.2) is 12.8 Å². The van der Waals surface area contributed by atoms with E-state index >= 15 is 0 Å². The second-order valence-electron chi connectivity index (χ2n) is 5.17. The van der Waals surface area contributed by atoms with Crippen molar-refractivity contribution in [3.63, 3.8) is 0 Å². The molecule has 1 aromatic rings. The van der Waals surface area contributed by atoms with E-state index in [1.54, 1.807) is 6.92 Å². The van der Waals surface area contributed by atoms with E-state index in [4.69, 9.17) is 11.5 Å². The molecule has 0 bridgehead atoms. The molecule has 1 atom stereocenters. The lowest BCUT2D eigenvalue weighted by atomic mass is 10.0. The fourth-order valence-electron chi connectivity index (χ4n) is 2.47. The number of halogens is 1. The lowest BCUT2D eigenvalue weighted by molar-refractivity contribution is -0.122. The number of nitrogens with zero attached hydrogens (tertiary/aromatic N) is 1. The van der Waals surface area contributed by atoms with Crippen LogP contribution < -0.4 is 11.5 Å². The van der Waals surface area contributed by atoms with Crippen molar-refractivity contribution in [3.05, 3.63) is 23.5 Å². The van der Waals surface area contributed by atoms with Crippen molar-refractivity contribution in [1.29, 1.82) is 0 Å². The summed E-state index contributed by atoms with van der Waals surface area (Å²) >= 11 is 0. The minimum Gasteiger partial charge on any atom is -0.398 e. The maximum Gasteiger partial charge on any atom is 0.246 e. The van der Waals surface area contributed by atoms with Gasteiger partial charge in [0.15, 0.2) is 0 Å². The van der Waals surface area contributed by atoms with Gasteiger partial charge >= 0.3 is 0 Å². The van der Waals surface area contributed by atoms with Crippen LogP contribution in [0.25, 0.3) is 0 Å². The van der Waals surface area contributed by atoms with Gasteiger partial charge in [0.2, 0.25) is 15.9 Å². The summed E-state index contributed by atoms with van der Waals surface area (Å²) in [4.78, 5) is 10.9. The molecule has 1 aromatic carbocycles. The van der Waals surface area contributed by atoms with Gasteiger partial charge in [-0.15, -0.1) is 0 Å². The number of aryl methyl sites for hydroxylation is 1. The molecule has 0 saturated carbocycles. The molecular formula is C13H18FN3O3S. The molecule has 1 fully saturated rings. The SMILES string of the molecule is Cc1cc(F)c(S(=O)(=O)N2CCCCC2C(N)=O)cc1N. The second kappa shape index (κ2) is 5.61. The lowest BCUT2D eigenvalue weighted by Gasteiger charge is -2.32. The van der Waals surface area contributed by atoms with Crippen molar-refractivity contribution in [2.24, 2.45) is 5.73 Å². The molecule has 0 aromatic heterocycles. The molecule has 1 amide bonds. The average Bonchev–Trinajstić information content (AvgIpc) is 2.42. The molecule has 4 N–H and O–H groups in total. The monoisotopic (exact) mass is 315 g/mol. The van der Waals surface area contributed by atoms with Gasteiger partial charge in [-0.1, -0.05) is 6.42 Å². The van der Waals surface area contributed by atoms with E-state index in [1.165, 1.54) is 0 Å². The zero-order valence-corrected chi connectivity index (χ0v) is 12.5. The molecule has 1 aliphatic heterocycles. The summed E-state index contributed by atoms with van der Waals surface area (Å²) in [5.41, 5.74) is 11.6. The molecule has 0 spiro atoms. The number of benzene rings is 1. The highest BCUT2D eigenvalue weighted by Crippen LogP contribution is 2.29. The molecule has 0 aliphatic carbocycles. The molecule has 0 radical (unpaired) electrons. The molecule has 1 saturated heterocycles. The highest BCUT2D eigenvalue weighted by Gasteiger charge is 2.38. The molecule has 1 unspecified atom stereocenters. The van der Waals surface area contributed by atoms with Gasteiger partial charge in [0.1, 0.15) is 16.8 Å². The predicted molar refractivity (Wildman–Crippen MR) is 76.3 cm³/mol. The number of hydrogen-bond donors (Lipinski definition) is 2. The molecule has 21 heavy (non-hydrogen) atoms. The van der Waals surface area contributed by atoms with Gasteiger partial charge in [0.25, 0.3) is 0 Å². The van der Waals surface area contributed by atoms with Crippen LogP contribution in [0.4, 0.5) is 10.1 Å². The third kappa shape index (κ3) is 2.86. The van der Waals surface area contributed by atoms with Gasteiger partial charge in [-0.3, -0.25) is 4.79 Å². The summed E-state index contributed by atoms with van der Waals surface area (Å²) in [6.45, 7) is 1.73. The summed E-state index contributed by atoms with van der Waals surface area (Å²) in [7, 11) is -4.15. The maximum atomic E-state index is 14.0. The van der Waals surface area contributed by atoms with Gasteiger partial charge < -0.3 is 11.5 Å². The van der Waals surface area contributed by atoms with E-state index < -0.39 is 32.7 Å². The smallest absolute Gasteiger partial charge is 0.246 e. The number of piperidine rings is 1. The van der Waals surface area contributed by atoms with E-state index in [-0.39, 0.29) is 12.2 Å². The molecule has 116 valence electrons. The fourth-order valence-corrected chi connectivity index (χ4v) is 4.22. The lowest BCUT2D eigenvalue weighted by Crippen LogP contribution is -2.50. The van der Waals surface area contributed by atoms with Crippen LogP contribution in [0, 0.1) is 12.7 Å². The molecule has 2 rings (SSSR count). The second-order valence-corrected chi connectivity index (χ2v) is 7.03. The third-order valence-corrected chi connectivity index (χ3v) is 5.61. The first kappa shape index (κ1) is 15.7. The number of sulfonamides is 1. The Balaban J connectivity index is 2.50. The van der Waals surface area contributed by atoms with Crippen LogP contribution in [0.2, 0.25) is 0 Å². The van der Waals surface area contributed by atoms with E-state index in [0.29, 0.717) is 24.8 Å². The first-order chi connectivity index (χ1) is 9.75. The standard InChI is InChI=1S/C13H18FN3O3S/c1-8-6-9(14)12(7-10(8)15)21(19,20)17-5-3-2-4-11(17)13(16)18/h6-7,11H,2-5,15H2,1H3,(H2,16,18). The van der Waals surface area contributed by atoms with Gasteiger partial charge in [0.05, 0.1) is 0 Å². The van der Waals surface area contributed by atoms with E-state index in [1.807, 2.05) is 0 Å². The Morgan fingerprint density at radius 1 is 1.38 bits per heavy atom. The van der Waals surface area contributed by atoms with Crippen LogP contribution in [-0.4, -0.2) is 31.2 Å². The minimum atomic E-state index is -4.15. The van der Waals surface area contributed by atoms with Gasteiger partial charge in [-0.2, -0.15) is 4.31 Å². The summed E-state index contributed by atoms with van der Waals surface area (Å²) in [6.07, 6.45) is 1.65. The van der Waals surface area contributed by atoms with Crippen molar-refractivity contribution < 1.29 is 17.6 Å². The number of anilines is 1. The van der Waals surface area contributed by atoms with Crippen LogP contribution in [0.3, 0.4) is 0 Å². The number of hydrogen-bond acceptors (Lipinski definition) is 4. The van der Waals surface area contributed by atoms with Crippen molar-refractivity contribution in [3.8, 4) is 0 Å². The largest absolute Gasteiger partial charge is 0.398 e. The number of nitrogen functional groups attached to an aromatic ring is 1. The Labute approximate surface area is 123 Å². The van der Waals surface area contributed by atoms with E-state index in [9.17, 15) is 17.6 Å². The summed E-state index contributed by atoms with van der Waals surface area (Å²) in [5.74, 6) is -1.60. The normalized spacial score (nSPS) is 20.4. The molecule has 8 heteroatoms. The van der Waals surface area contributed by atoms with Gasteiger partial charge in [-0.05, 0) is 37.5 Å². The summed E-state index contributed by atoms with van der Waals surface area (Å²) in [6, 6.07) is 1.23. The topological polar surface area (TPSA) is 106 Å². The van der Waals surface area contributed by atoms with Crippen LogP contribution in [0.15, 0.2) is 17.0 Å². The number of carbonyl (C=O) groups excluding carboxylic acids is 1. The first-order valence-corrected chi connectivity index (χ1v) is 8.06. The zero-order valence-electron chi connectivity index (χ0n) is 11.7. The summed E-state index contributed by atoms with van der Waals surface area (Å²) in [5, 5.41) is 0. The van der Waals surface area contributed by atoms with Crippen LogP contribution in [-0.2, 0) is 14.8 Å². The highest BCUT2D eigenvalue weighted by atomic mass is 32.2. The van der Waals surface area contributed by atoms with Crippen molar-refractivity contribution >= 4 is 21.6 Å². The Morgan fingerprint density at radius 2 is 2.05 bits per heavy atom. The van der Waals surface area contributed by atoms with Crippen molar-refractivity contribution in [2.45, 2.75) is 37.1 Å². The molecular weight excluding hydrogens is 297 g/mol. The Kier molecular flexibility index (Phi) is 4.20. The number of nitrogens with two attached hydrogens (primary N) is 2. The molecule has 1 aliphatic rings. The Bertz CT molecular complexity index is 675. The van der Waals surface area contributed by atoms with E-state index in [2.05, 4.69) is 0 Å². The quantitative estimate of drug-likeness (QED) is 0.802. The van der Waals surface area contributed by atoms with E-state index in [0.717, 1.165) is 16.4 Å². The first-order valence-electron chi connectivity index (χ1n) is 6.62. The third-order valence-electron chi connectivity index (χ3n) is 3.69. The summed E-state index contributed by atoms with van der Waals surface area (Å²) < 4.78 is 40.2. The van der Waals surface area contributed by atoms with Crippen molar-refractivity contribution in [1.82, 2.24) is 4.31 Å². The number of amides is 1. The van der Waals surface area contributed by atoms with Crippen molar-refractivity contribution in [2.75, 3.05) is 12.3 Å². The number of primary amides is 1. The highest BCUT2D eigenvalue weighted by molar-refractivity contribution is 7.89. The van der Waals surface area contributed by atoms with Crippen LogP contribution in [0.1, 0.15) is 24.8 Å². The fraction of sp³-hybridized carbons (Fsp3) is 0.462. The zero-order chi connectivity index (χ0) is 15.8. The van der Waals surface area contributed by atoms with Crippen LogP contribution in [0.5, 0.6) is 0 Å².